The molecule has 1 aliphatic rings. The van der Waals surface area contributed by atoms with E-state index in [-0.39, 0.29) is 5.92 Å². The van der Waals surface area contributed by atoms with Gasteiger partial charge < -0.3 is 20.1 Å². The quantitative estimate of drug-likeness (QED) is 0.794. The average Bonchev–Trinajstić information content (AvgIpc) is 2.64. The van der Waals surface area contributed by atoms with Crippen molar-refractivity contribution in [3.05, 3.63) is 59.2 Å². The fourth-order valence-electron chi connectivity index (χ4n) is 3.66. The largest absolute Gasteiger partial charge is 0.478 e. The van der Waals surface area contributed by atoms with Gasteiger partial charge in [-0.1, -0.05) is 18.2 Å². The molecule has 154 valence electrons. The molecule has 2 aromatic carbocycles. The number of carbonyl (C=O) groups excluding carboxylic acids is 1. The Bertz CT molecular complexity index is 917. The van der Waals surface area contributed by atoms with E-state index in [4.69, 9.17) is 4.74 Å². The van der Waals surface area contributed by atoms with E-state index in [1.54, 1.807) is 6.07 Å². The van der Waals surface area contributed by atoms with Crippen LogP contribution in [0.1, 0.15) is 42.3 Å². The molecule has 0 bridgehead atoms. The first-order chi connectivity index (χ1) is 13.6. The highest BCUT2D eigenvalue weighted by Crippen LogP contribution is 2.36. The number of ether oxygens (including phenoxy) is 1. The third-order valence-corrected chi connectivity index (χ3v) is 4.92. The number of carboxylic acid groups (broad SMARTS) is 1. The van der Waals surface area contributed by atoms with Gasteiger partial charge in [0.25, 0.3) is 0 Å². The van der Waals surface area contributed by atoms with Crippen LogP contribution in [-0.2, 0) is 11.2 Å². The Balaban J connectivity index is 1.81. The summed E-state index contributed by atoms with van der Waals surface area (Å²) < 4.78 is 5.34. The van der Waals surface area contributed by atoms with Crippen molar-refractivity contribution in [3.8, 4) is 0 Å². The first-order valence-corrected chi connectivity index (χ1v) is 9.80. The summed E-state index contributed by atoms with van der Waals surface area (Å²) in [6.07, 6.45) is 0.443. The minimum absolute atomic E-state index is 0.205. The van der Waals surface area contributed by atoms with Crippen molar-refractivity contribution in [1.82, 2.24) is 5.32 Å². The van der Waals surface area contributed by atoms with Gasteiger partial charge in [0, 0.05) is 24.5 Å². The van der Waals surface area contributed by atoms with Crippen molar-refractivity contribution in [2.45, 2.75) is 39.7 Å². The Morgan fingerprint density at radius 1 is 1.21 bits per heavy atom. The van der Waals surface area contributed by atoms with Gasteiger partial charge in [-0.2, -0.15) is 0 Å². The van der Waals surface area contributed by atoms with Crippen molar-refractivity contribution in [2.75, 3.05) is 18.0 Å². The van der Waals surface area contributed by atoms with E-state index in [0.29, 0.717) is 12.1 Å². The number of hydrogen-bond donors (Lipinski definition) is 2. The number of carboxylic acids is 1. The van der Waals surface area contributed by atoms with Gasteiger partial charge in [-0.25, -0.2) is 9.59 Å². The molecule has 6 heteroatoms. The highest BCUT2D eigenvalue weighted by molar-refractivity contribution is 5.90. The molecule has 0 aliphatic carbocycles. The molecule has 6 nitrogen and oxygen atoms in total. The highest BCUT2D eigenvalue weighted by Gasteiger charge is 2.27. The molecule has 0 spiro atoms. The van der Waals surface area contributed by atoms with Crippen LogP contribution in [0, 0.1) is 12.8 Å². The second kappa shape index (κ2) is 8.15. The van der Waals surface area contributed by atoms with Crippen molar-refractivity contribution in [3.63, 3.8) is 0 Å². The minimum atomic E-state index is -0.924. The van der Waals surface area contributed by atoms with E-state index in [1.807, 2.05) is 52.0 Å². The number of aromatic carboxylic acids is 1. The van der Waals surface area contributed by atoms with Crippen LogP contribution in [0.2, 0.25) is 0 Å². The molecule has 0 saturated carbocycles. The number of nitrogens with one attached hydrogen (secondary N) is 1. The molecule has 0 fully saturated rings. The molecule has 0 radical (unpaired) electrons. The van der Waals surface area contributed by atoms with E-state index in [1.165, 1.54) is 5.56 Å². The summed E-state index contributed by atoms with van der Waals surface area (Å²) in [5.74, 6) is -0.718. The van der Waals surface area contributed by atoms with Gasteiger partial charge >= 0.3 is 12.1 Å². The zero-order valence-electron chi connectivity index (χ0n) is 17.4. The first kappa shape index (κ1) is 20.7. The molecule has 0 aromatic heterocycles. The van der Waals surface area contributed by atoms with E-state index in [9.17, 15) is 14.7 Å². The maximum atomic E-state index is 12.0. The van der Waals surface area contributed by atoms with Crippen molar-refractivity contribution < 1.29 is 19.4 Å². The molecule has 0 saturated heterocycles. The molecule has 1 unspecified atom stereocenters. The summed E-state index contributed by atoms with van der Waals surface area (Å²) in [5, 5.41) is 12.2. The fourth-order valence-corrected chi connectivity index (χ4v) is 3.66. The SMILES string of the molecule is Cc1cc(N2CC(CNC(=O)OC(C)(C)C)Cc3ccccc32)ccc1C(=O)O. The monoisotopic (exact) mass is 396 g/mol. The molecule has 2 N–H and O–H groups in total. The van der Waals surface area contributed by atoms with Crippen molar-refractivity contribution >= 4 is 23.4 Å². The normalized spacial score (nSPS) is 16.1. The highest BCUT2D eigenvalue weighted by atomic mass is 16.6. The minimum Gasteiger partial charge on any atom is -0.478 e. The van der Waals surface area contributed by atoms with E-state index < -0.39 is 17.7 Å². The number of benzene rings is 2. The summed E-state index contributed by atoms with van der Waals surface area (Å²) in [6, 6.07) is 13.6. The zero-order chi connectivity index (χ0) is 21.2. The third-order valence-electron chi connectivity index (χ3n) is 4.92. The lowest BCUT2D eigenvalue weighted by Crippen LogP contribution is -2.41. The Morgan fingerprint density at radius 2 is 1.93 bits per heavy atom. The smallest absolute Gasteiger partial charge is 0.407 e. The number of anilines is 2. The topological polar surface area (TPSA) is 78.9 Å². The van der Waals surface area contributed by atoms with Crippen LogP contribution < -0.4 is 10.2 Å². The lowest BCUT2D eigenvalue weighted by atomic mass is 9.91. The number of hydrogen-bond acceptors (Lipinski definition) is 4. The van der Waals surface area contributed by atoms with Crippen LogP contribution in [0.15, 0.2) is 42.5 Å². The Morgan fingerprint density at radius 3 is 2.59 bits per heavy atom. The zero-order valence-corrected chi connectivity index (χ0v) is 17.4. The molecule has 1 amide bonds. The van der Waals surface area contributed by atoms with Crippen LogP contribution in [0.3, 0.4) is 0 Å². The molecule has 2 aromatic rings. The molecule has 1 atom stereocenters. The van der Waals surface area contributed by atoms with Crippen LogP contribution in [0.25, 0.3) is 0 Å². The molecule has 3 rings (SSSR count). The fraction of sp³-hybridized carbons (Fsp3) is 0.391. The Labute approximate surface area is 171 Å². The van der Waals surface area contributed by atoms with E-state index in [2.05, 4.69) is 22.3 Å². The second-order valence-corrected chi connectivity index (χ2v) is 8.50. The summed E-state index contributed by atoms with van der Waals surface area (Å²) in [6.45, 7) is 8.56. The average molecular weight is 396 g/mol. The molecule has 1 aliphatic heterocycles. The summed E-state index contributed by atoms with van der Waals surface area (Å²) >= 11 is 0. The summed E-state index contributed by atoms with van der Waals surface area (Å²) in [7, 11) is 0. The number of alkyl carbamates (subject to hydrolysis) is 1. The van der Waals surface area contributed by atoms with Gasteiger partial charge in [-0.15, -0.1) is 0 Å². The third kappa shape index (κ3) is 5.08. The number of carbonyl (C=O) groups is 2. The molecular formula is C23H28N2O4. The van der Waals surface area contributed by atoms with Crippen molar-refractivity contribution in [2.24, 2.45) is 5.92 Å². The molecule has 1 heterocycles. The van der Waals surface area contributed by atoms with Gasteiger partial charge in [0.1, 0.15) is 5.60 Å². The van der Waals surface area contributed by atoms with E-state index >= 15 is 0 Å². The number of aryl methyl sites for hydroxylation is 1. The number of fused-ring (bicyclic) bond motifs is 1. The lowest BCUT2D eigenvalue weighted by Gasteiger charge is -2.36. The van der Waals surface area contributed by atoms with Crippen molar-refractivity contribution in [1.29, 1.82) is 0 Å². The lowest BCUT2D eigenvalue weighted by molar-refractivity contribution is 0.0518. The summed E-state index contributed by atoms with van der Waals surface area (Å²) in [4.78, 5) is 25.6. The molecule has 29 heavy (non-hydrogen) atoms. The van der Waals surface area contributed by atoms with Gasteiger partial charge in [0.2, 0.25) is 0 Å². The van der Waals surface area contributed by atoms with Gasteiger partial charge in [-0.05, 0) is 75.4 Å². The number of rotatable bonds is 4. The maximum Gasteiger partial charge on any atom is 0.407 e. The summed E-state index contributed by atoms with van der Waals surface area (Å²) in [5.41, 5.74) is 3.77. The second-order valence-electron chi connectivity index (χ2n) is 8.50. The van der Waals surface area contributed by atoms with Gasteiger partial charge in [0.05, 0.1) is 5.56 Å². The Kier molecular flexibility index (Phi) is 5.82. The van der Waals surface area contributed by atoms with Crippen LogP contribution in [0.5, 0.6) is 0 Å². The predicted octanol–water partition coefficient (Wildman–Crippen LogP) is 4.53. The van der Waals surface area contributed by atoms with Gasteiger partial charge in [0.15, 0.2) is 0 Å². The number of amides is 1. The van der Waals surface area contributed by atoms with Crippen LogP contribution >= 0.6 is 0 Å². The Hall–Kier alpha value is -3.02. The van der Waals surface area contributed by atoms with Crippen LogP contribution in [0.4, 0.5) is 16.2 Å². The predicted molar refractivity (Wildman–Crippen MR) is 113 cm³/mol. The van der Waals surface area contributed by atoms with Gasteiger partial charge in [-0.3, -0.25) is 0 Å². The molecular weight excluding hydrogens is 368 g/mol. The first-order valence-electron chi connectivity index (χ1n) is 9.80. The van der Waals surface area contributed by atoms with E-state index in [0.717, 1.165) is 29.9 Å². The maximum absolute atomic E-state index is 12.0. The number of nitrogens with zero attached hydrogens (tertiary/aromatic N) is 1. The standard InChI is InChI=1S/C23H28N2O4/c1-15-11-18(9-10-19(15)21(26)27)25-14-16(12-17-7-5-6-8-20(17)25)13-24-22(28)29-23(2,3)4/h5-11,16H,12-14H2,1-4H3,(H,24,28)(H,26,27). The number of para-hydroxylation sites is 1. The van der Waals surface area contributed by atoms with Crippen LogP contribution in [-0.4, -0.2) is 35.9 Å².